The van der Waals surface area contributed by atoms with Crippen molar-refractivity contribution in [2.45, 2.75) is 44.8 Å². The van der Waals surface area contributed by atoms with Crippen LogP contribution >= 0.6 is 0 Å². The lowest BCUT2D eigenvalue weighted by Gasteiger charge is -2.27. The van der Waals surface area contributed by atoms with E-state index in [0.717, 1.165) is 42.8 Å². The Morgan fingerprint density at radius 2 is 1.92 bits per heavy atom. The topological polar surface area (TPSA) is 76.5 Å². The number of aliphatic hydroxyl groups is 1. The molecule has 0 saturated heterocycles. The summed E-state index contributed by atoms with van der Waals surface area (Å²) < 4.78 is 10.8. The molecule has 24 heavy (non-hydrogen) atoms. The van der Waals surface area contributed by atoms with Crippen molar-refractivity contribution in [2.75, 3.05) is 12.4 Å². The van der Waals surface area contributed by atoms with Crippen molar-refractivity contribution >= 4 is 5.82 Å². The van der Waals surface area contributed by atoms with E-state index in [1.54, 1.807) is 13.3 Å². The third-order valence-electron chi connectivity index (χ3n) is 4.21. The number of hydrogen-bond acceptors (Lipinski definition) is 6. The number of aryl methyl sites for hydroxylation is 1. The second-order valence-electron chi connectivity index (χ2n) is 6.12. The van der Waals surface area contributed by atoms with Gasteiger partial charge in [0.15, 0.2) is 0 Å². The highest BCUT2D eigenvalue weighted by Gasteiger charge is 2.21. The maximum absolute atomic E-state index is 9.81. The molecule has 1 aromatic heterocycles. The van der Waals surface area contributed by atoms with E-state index < -0.39 is 0 Å². The monoisotopic (exact) mass is 329 g/mol. The van der Waals surface area contributed by atoms with Crippen molar-refractivity contribution in [3.63, 3.8) is 0 Å². The van der Waals surface area contributed by atoms with Crippen LogP contribution in [0.5, 0.6) is 17.5 Å². The summed E-state index contributed by atoms with van der Waals surface area (Å²) in [4.78, 5) is 8.70. The summed E-state index contributed by atoms with van der Waals surface area (Å²) in [6, 6.07) is 7.80. The summed E-state index contributed by atoms with van der Waals surface area (Å²) in [5, 5.41) is 13.2. The number of methoxy groups -OCH3 is 1. The van der Waals surface area contributed by atoms with Gasteiger partial charge in [-0.1, -0.05) is 0 Å². The molecule has 2 atom stereocenters. The van der Waals surface area contributed by atoms with Gasteiger partial charge in [-0.2, -0.15) is 4.98 Å². The number of nitrogens with zero attached hydrogens (tertiary/aromatic N) is 2. The minimum Gasteiger partial charge on any atom is -0.497 e. The highest BCUT2D eigenvalue weighted by atomic mass is 16.5. The number of hydrogen-bond donors (Lipinski definition) is 2. The molecule has 0 aliphatic heterocycles. The summed E-state index contributed by atoms with van der Waals surface area (Å²) in [5.74, 6) is 2.18. The fourth-order valence-electron chi connectivity index (χ4n) is 2.86. The Morgan fingerprint density at radius 3 is 2.62 bits per heavy atom. The van der Waals surface area contributed by atoms with Gasteiger partial charge in [-0.05, 0) is 56.9 Å². The van der Waals surface area contributed by atoms with E-state index in [2.05, 4.69) is 15.3 Å². The third-order valence-corrected chi connectivity index (χ3v) is 4.21. The van der Waals surface area contributed by atoms with Crippen molar-refractivity contribution < 1.29 is 14.6 Å². The van der Waals surface area contributed by atoms with Gasteiger partial charge in [0.05, 0.1) is 13.2 Å². The molecule has 2 N–H and O–H groups in total. The van der Waals surface area contributed by atoms with Gasteiger partial charge in [0, 0.05) is 17.8 Å². The van der Waals surface area contributed by atoms with Crippen molar-refractivity contribution in [3.8, 4) is 17.5 Å². The maximum Gasteiger partial charge on any atom is 0.323 e. The van der Waals surface area contributed by atoms with Gasteiger partial charge in [-0.3, -0.25) is 0 Å². The van der Waals surface area contributed by atoms with Crippen LogP contribution in [0.3, 0.4) is 0 Å². The van der Waals surface area contributed by atoms with Gasteiger partial charge < -0.3 is 19.9 Å². The van der Waals surface area contributed by atoms with Crippen LogP contribution in [0.1, 0.15) is 31.2 Å². The van der Waals surface area contributed by atoms with Crippen molar-refractivity contribution in [2.24, 2.45) is 0 Å². The smallest absolute Gasteiger partial charge is 0.323 e. The number of aliphatic hydroxyl groups excluding tert-OH is 1. The Bertz CT molecular complexity index is 676. The van der Waals surface area contributed by atoms with Crippen LogP contribution in [-0.4, -0.2) is 34.3 Å². The highest BCUT2D eigenvalue weighted by Crippen LogP contribution is 2.25. The molecule has 0 amide bonds. The first-order valence-electron chi connectivity index (χ1n) is 8.24. The molecule has 2 aromatic rings. The predicted molar refractivity (Wildman–Crippen MR) is 91.7 cm³/mol. The summed E-state index contributed by atoms with van der Waals surface area (Å²) in [7, 11) is 1.62. The summed E-state index contributed by atoms with van der Waals surface area (Å²) in [6.45, 7) is 1.96. The van der Waals surface area contributed by atoms with Gasteiger partial charge in [0.2, 0.25) is 0 Å². The van der Waals surface area contributed by atoms with Crippen molar-refractivity contribution in [1.82, 2.24) is 9.97 Å². The second kappa shape index (κ2) is 7.49. The number of benzene rings is 1. The lowest BCUT2D eigenvalue weighted by molar-refractivity contribution is 0.124. The van der Waals surface area contributed by atoms with E-state index in [1.165, 1.54) is 0 Å². The molecule has 1 aliphatic rings. The van der Waals surface area contributed by atoms with Gasteiger partial charge >= 0.3 is 6.01 Å². The number of aromatic nitrogens is 2. The molecule has 1 heterocycles. The molecule has 3 rings (SSSR count). The Labute approximate surface area is 141 Å². The minimum absolute atomic E-state index is 0.228. The minimum atomic E-state index is -0.228. The molecule has 0 bridgehead atoms. The van der Waals surface area contributed by atoms with Crippen molar-refractivity contribution in [1.29, 1.82) is 0 Å². The average Bonchev–Trinajstić information content (AvgIpc) is 2.59. The molecule has 6 heteroatoms. The zero-order chi connectivity index (χ0) is 16.9. The molecule has 6 nitrogen and oxygen atoms in total. The molecule has 128 valence electrons. The fraction of sp³-hybridized carbons (Fsp3) is 0.444. The standard InChI is InChI=1S/C18H23N3O3/c1-12-11-19-18(24-16-8-6-15(23-2)7-9-16)21-17(12)20-13-4-3-5-14(22)10-13/h6-9,11,13-14,22H,3-5,10H2,1-2H3,(H,19,20,21). The Morgan fingerprint density at radius 1 is 1.17 bits per heavy atom. The van der Waals surface area contributed by atoms with E-state index in [1.807, 2.05) is 31.2 Å². The molecule has 2 unspecified atom stereocenters. The Hall–Kier alpha value is -2.34. The Balaban J connectivity index is 1.70. The predicted octanol–water partition coefficient (Wildman–Crippen LogP) is 3.30. The van der Waals surface area contributed by atoms with Crippen LogP contribution in [0, 0.1) is 6.92 Å². The zero-order valence-corrected chi connectivity index (χ0v) is 14.0. The lowest BCUT2D eigenvalue weighted by atomic mass is 9.93. The van der Waals surface area contributed by atoms with Crippen LogP contribution in [0.25, 0.3) is 0 Å². The molecule has 1 aromatic carbocycles. The first-order valence-corrected chi connectivity index (χ1v) is 8.24. The molecular formula is C18H23N3O3. The average molecular weight is 329 g/mol. The largest absolute Gasteiger partial charge is 0.497 e. The normalized spacial score (nSPS) is 20.5. The van der Waals surface area contributed by atoms with Crippen LogP contribution in [0.4, 0.5) is 5.82 Å². The van der Waals surface area contributed by atoms with Gasteiger partial charge in [0.1, 0.15) is 17.3 Å². The van der Waals surface area contributed by atoms with Crippen LogP contribution in [0.2, 0.25) is 0 Å². The van der Waals surface area contributed by atoms with E-state index >= 15 is 0 Å². The maximum atomic E-state index is 9.81. The molecule has 1 saturated carbocycles. The second-order valence-corrected chi connectivity index (χ2v) is 6.12. The molecule has 1 aliphatic carbocycles. The highest BCUT2D eigenvalue weighted by molar-refractivity contribution is 5.44. The number of ether oxygens (including phenoxy) is 2. The van der Waals surface area contributed by atoms with E-state index in [9.17, 15) is 5.11 Å². The van der Waals surface area contributed by atoms with Crippen LogP contribution in [0.15, 0.2) is 30.5 Å². The fourth-order valence-corrected chi connectivity index (χ4v) is 2.86. The first kappa shape index (κ1) is 16.5. The van der Waals surface area contributed by atoms with Crippen LogP contribution < -0.4 is 14.8 Å². The number of rotatable bonds is 5. The van der Waals surface area contributed by atoms with E-state index in [-0.39, 0.29) is 12.1 Å². The van der Waals surface area contributed by atoms with E-state index in [0.29, 0.717) is 11.8 Å². The van der Waals surface area contributed by atoms with Gasteiger partial charge in [0.25, 0.3) is 0 Å². The SMILES string of the molecule is COc1ccc(Oc2ncc(C)c(NC3CCCC(O)C3)n2)cc1. The third kappa shape index (κ3) is 4.14. The molecule has 0 spiro atoms. The molecular weight excluding hydrogens is 306 g/mol. The molecule has 0 radical (unpaired) electrons. The molecule has 1 fully saturated rings. The zero-order valence-electron chi connectivity index (χ0n) is 14.0. The number of anilines is 1. The first-order chi connectivity index (χ1) is 11.6. The van der Waals surface area contributed by atoms with Crippen molar-refractivity contribution in [3.05, 3.63) is 36.0 Å². The number of nitrogens with one attached hydrogen (secondary N) is 1. The quantitative estimate of drug-likeness (QED) is 0.876. The van der Waals surface area contributed by atoms with E-state index in [4.69, 9.17) is 9.47 Å². The summed E-state index contributed by atoms with van der Waals surface area (Å²) in [5.41, 5.74) is 0.956. The lowest BCUT2D eigenvalue weighted by Crippen LogP contribution is -2.30. The van der Waals surface area contributed by atoms with Gasteiger partial charge in [-0.15, -0.1) is 0 Å². The van der Waals surface area contributed by atoms with Gasteiger partial charge in [-0.25, -0.2) is 4.98 Å². The summed E-state index contributed by atoms with van der Waals surface area (Å²) >= 11 is 0. The summed E-state index contributed by atoms with van der Waals surface area (Å²) in [6.07, 6.45) is 5.21. The Kier molecular flexibility index (Phi) is 5.15. The van der Waals surface area contributed by atoms with Crippen LogP contribution in [-0.2, 0) is 0 Å².